The lowest BCUT2D eigenvalue weighted by atomic mass is 10.1. The molecule has 32 heavy (non-hydrogen) atoms. The van der Waals surface area contributed by atoms with Crippen LogP contribution in [0.15, 0.2) is 65.1 Å². The molecule has 4 N–H and O–H groups in total. The van der Waals surface area contributed by atoms with Crippen LogP contribution in [-0.2, 0) is 9.53 Å². The second kappa shape index (κ2) is 9.35. The van der Waals surface area contributed by atoms with Gasteiger partial charge in [-0.15, -0.1) is 0 Å². The number of hydrogen-bond acceptors (Lipinski definition) is 8. The summed E-state index contributed by atoms with van der Waals surface area (Å²) in [7, 11) is 0. The molecule has 0 spiro atoms. The van der Waals surface area contributed by atoms with Gasteiger partial charge in [-0.05, 0) is 34.1 Å². The van der Waals surface area contributed by atoms with Gasteiger partial charge in [-0.1, -0.05) is 30.3 Å². The average molecular weight is 503 g/mol. The first-order chi connectivity index (χ1) is 15.2. The Balaban J connectivity index is 1.89. The molecule has 164 valence electrons. The highest BCUT2D eigenvalue weighted by atomic mass is 79.9. The van der Waals surface area contributed by atoms with Crippen LogP contribution in [-0.4, -0.2) is 32.1 Å². The summed E-state index contributed by atoms with van der Waals surface area (Å²) in [6, 6.07) is 13.5. The lowest BCUT2D eigenvalue weighted by Gasteiger charge is -2.19. The number of nitrogens with zero attached hydrogens (tertiary/aromatic N) is 1. The summed E-state index contributed by atoms with van der Waals surface area (Å²) in [4.78, 5) is 35.9. The number of phenols is 3. The van der Waals surface area contributed by atoms with Crippen molar-refractivity contribution in [2.45, 2.75) is 6.10 Å². The SMILES string of the molecule is O=C(OC(C(=O)Nc1ccc([N+](=O)[O-])cc1Br)c1ccccc1)c1cc(O)c(O)c(O)c1. The number of carbonyl (C=O) groups excluding carboxylic acids is 2. The predicted octanol–water partition coefficient (Wildman–Crippen LogP) is 4.01. The fourth-order valence-electron chi connectivity index (χ4n) is 2.72. The van der Waals surface area contributed by atoms with Crippen molar-refractivity contribution >= 4 is 39.2 Å². The van der Waals surface area contributed by atoms with Gasteiger partial charge >= 0.3 is 5.97 Å². The van der Waals surface area contributed by atoms with Crippen molar-refractivity contribution in [2.24, 2.45) is 0 Å². The molecule has 0 bridgehead atoms. The number of ether oxygens (including phenoxy) is 1. The van der Waals surface area contributed by atoms with Crippen molar-refractivity contribution in [3.8, 4) is 17.2 Å². The second-order valence-electron chi connectivity index (χ2n) is 6.47. The average Bonchev–Trinajstić information content (AvgIpc) is 2.77. The van der Waals surface area contributed by atoms with Crippen LogP contribution in [0.3, 0.4) is 0 Å². The number of nitro benzene ring substituents is 1. The normalized spacial score (nSPS) is 11.4. The number of non-ortho nitro benzene ring substituents is 1. The Bertz CT molecular complexity index is 1180. The monoisotopic (exact) mass is 502 g/mol. The van der Waals surface area contributed by atoms with E-state index in [1.807, 2.05) is 0 Å². The molecule has 0 aliphatic heterocycles. The van der Waals surface area contributed by atoms with E-state index in [9.17, 15) is 35.0 Å². The second-order valence-corrected chi connectivity index (χ2v) is 7.32. The van der Waals surface area contributed by atoms with Gasteiger partial charge in [0.25, 0.3) is 11.6 Å². The van der Waals surface area contributed by atoms with E-state index >= 15 is 0 Å². The third-order valence-corrected chi connectivity index (χ3v) is 4.95. The number of amides is 1. The molecular weight excluding hydrogens is 488 g/mol. The van der Waals surface area contributed by atoms with Gasteiger partial charge in [-0.2, -0.15) is 0 Å². The van der Waals surface area contributed by atoms with Gasteiger partial charge in [0, 0.05) is 22.2 Å². The van der Waals surface area contributed by atoms with E-state index in [0.717, 1.165) is 12.1 Å². The number of benzene rings is 3. The molecule has 0 saturated heterocycles. The highest BCUT2D eigenvalue weighted by Crippen LogP contribution is 2.36. The van der Waals surface area contributed by atoms with Crippen LogP contribution < -0.4 is 5.32 Å². The first kappa shape index (κ1) is 22.6. The highest BCUT2D eigenvalue weighted by molar-refractivity contribution is 9.10. The lowest BCUT2D eigenvalue weighted by Crippen LogP contribution is -2.26. The lowest BCUT2D eigenvalue weighted by molar-refractivity contribution is -0.384. The Morgan fingerprint density at radius 3 is 2.19 bits per heavy atom. The van der Waals surface area contributed by atoms with Crippen molar-refractivity contribution in [1.82, 2.24) is 0 Å². The van der Waals surface area contributed by atoms with E-state index in [-0.39, 0.29) is 21.4 Å². The number of phenolic OH excluding ortho intramolecular Hbond substituents is 3. The molecule has 0 saturated carbocycles. The topological polar surface area (TPSA) is 159 Å². The number of esters is 1. The van der Waals surface area contributed by atoms with Gasteiger partial charge < -0.3 is 25.4 Å². The summed E-state index contributed by atoms with van der Waals surface area (Å²) in [5.41, 5.74) is 0.0389. The van der Waals surface area contributed by atoms with Gasteiger partial charge in [0.15, 0.2) is 17.2 Å². The molecule has 0 heterocycles. The van der Waals surface area contributed by atoms with Crippen LogP contribution in [0.4, 0.5) is 11.4 Å². The Kier molecular flexibility index (Phi) is 6.59. The number of halogens is 1. The van der Waals surface area contributed by atoms with Gasteiger partial charge in [0.2, 0.25) is 6.10 Å². The Morgan fingerprint density at radius 2 is 1.62 bits per heavy atom. The maximum atomic E-state index is 13.0. The largest absolute Gasteiger partial charge is 0.504 e. The number of carbonyl (C=O) groups is 2. The van der Waals surface area contributed by atoms with Gasteiger partial charge in [0.05, 0.1) is 16.2 Å². The summed E-state index contributed by atoms with van der Waals surface area (Å²) in [5, 5.41) is 42.1. The maximum Gasteiger partial charge on any atom is 0.339 e. The first-order valence-corrected chi connectivity index (χ1v) is 9.72. The van der Waals surface area contributed by atoms with Crippen LogP contribution >= 0.6 is 15.9 Å². The Morgan fingerprint density at radius 1 is 1.00 bits per heavy atom. The number of anilines is 1. The zero-order chi connectivity index (χ0) is 23.4. The summed E-state index contributed by atoms with van der Waals surface area (Å²) < 4.78 is 5.57. The molecule has 0 aromatic heterocycles. The molecular formula is C21H15BrN2O8. The van der Waals surface area contributed by atoms with Crippen molar-refractivity contribution in [3.05, 3.63) is 86.4 Å². The van der Waals surface area contributed by atoms with Crippen LogP contribution in [0.1, 0.15) is 22.0 Å². The molecule has 1 amide bonds. The summed E-state index contributed by atoms with van der Waals surface area (Å²) in [6.07, 6.45) is -1.44. The Labute approximate surface area is 189 Å². The molecule has 3 aromatic rings. The van der Waals surface area contributed by atoms with Gasteiger partial charge in [-0.3, -0.25) is 14.9 Å². The molecule has 3 rings (SSSR count). The summed E-state index contributed by atoms with van der Waals surface area (Å²) in [6.45, 7) is 0. The molecule has 0 aliphatic rings. The fourth-order valence-corrected chi connectivity index (χ4v) is 3.18. The summed E-state index contributed by atoms with van der Waals surface area (Å²) >= 11 is 3.15. The fraction of sp³-hybridized carbons (Fsp3) is 0.0476. The minimum atomic E-state index is -1.44. The van der Waals surface area contributed by atoms with Crippen LogP contribution in [0.25, 0.3) is 0 Å². The van der Waals surface area contributed by atoms with Crippen molar-refractivity contribution in [2.75, 3.05) is 5.32 Å². The molecule has 3 aromatic carbocycles. The van der Waals surface area contributed by atoms with Crippen LogP contribution in [0.5, 0.6) is 17.2 Å². The number of aromatic hydroxyl groups is 3. The van der Waals surface area contributed by atoms with Gasteiger partial charge in [0.1, 0.15) is 0 Å². The van der Waals surface area contributed by atoms with Crippen molar-refractivity contribution in [1.29, 1.82) is 0 Å². The van der Waals surface area contributed by atoms with E-state index in [4.69, 9.17) is 4.74 Å². The number of nitro groups is 1. The van der Waals surface area contributed by atoms with Gasteiger partial charge in [-0.25, -0.2) is 4.79 Å². The quantitative estimate of drug-likeness (QED) is 0.170. The third-order valence-electron chi connectivity index (χ3n) is 4.29. The molecule has 11 heteroatoms. The smallest absolute Gasteiger partial charge is 0.339 e. The molecule has 0 radical (unpaired) electrons. The predicted molar refractivity (Wildman–Crippen MR) is 115 cm³/mol. The molecule has 0 fully saturated rings. The molecule has 10 nitrogen and oxygen atoms in total. The molecule has 0 aliphatic carbocycles. The minimum absolute atomic E-state index is 0.187. The maximum absolute atomic E-state index is 13.0. The summed E-state index contributed by atoms with van der Waals surface area (Å²) in [5.74, 6) is -4.10. The first-order valence-electron chi connectivity index (χ1n) is 8.93. The third kappa shape index (κ3) is 4.95. The van der Waals surface area contributed by atoms with E-state index in [1.54, 1.807) is 30.3 Å². The zero-order valence-corrected chi connectivity index (χ0v) is 17.6. The van der Waals surface area contributed by atoms with E-state index in [1.165, 1.54) is 18.2 Å². The number of nitrogens with one attached hydrogen (secondary N) is 1. The van der Waals surface area contributed by atoms with E-state index in [0.29, 0.717) is 5.56 Å². The highest BCUT2D eigenvalue weighted by Gasteiger charge is 2.27. The minimum Gasteiger partial charge on any atom is -0.504 e. The molecule has 1 unspecified atom stereocenters. The van der Waals surface area contributed by atoms with Crippen LogP contribution in [0.2, 0.25) is 0 Å². The molecule has 1 atom stereocenters. The van der Waals surface area contributed by atoms with Crippen molar-refractivity contribution in [3.63, 3.8) is 0 Å². The standard InChI is InChI=1S/C21H15BrN2O8/c22-14-10-13(24(30)31)6-7-15(14)23-20(28)19(11-4-2-1-3-5-11)32-21(29)12-8-16(25)18(27)17(26)9-12/h1-10,19,25-27H,(H,23,28). The Hall–Kier alpha value is -4.12. The zero-order valence-electron chi connectivity index (χ0n) is 16.1. The number of hydrogen-bond donors (Lipinski definition) is 4. The van der Waals surface area contributed by atoms with E-state index in [2.05, 4.69) is 21.2 Å². The van der Waals surface area contributed by atoms with E-state index < -0.39 is 40.2 Å². The van der Waals surface area contributed by atoms with Crippen molar-refractivity contribution < 1.29 is 34.6 Å². The number of rotatable bonds is 6. The van der Waals surface area contributed by atoms with Crippen LogP contribution in [0, 0.1) is 10.1 Å².